The highest BCUT2D eigenvalue weighted by molar-refractivity contribution is 7.89. The van der Waals surface area contributed by atoms with Crippen molar-refractivity contribution in [3.63, 3.8) is 0 Å². The van der Waals surface area contributed by atoms with Gasteiger partial charge in [0.05, 0.1) is 4.90 Å². The first-order valence-corrected chi connectivity index (χ1v) is 11.9. The second-order valence-electron chi connectivity index (χ2n) is 8.05. The van der Waals surface area contributed by atoms with Gasteiger partial charge in [0.15, 0.2) is 5.82 Å². The number of nitrogens with one attached hydrogen (secondary N) is 1. The molecule has 1 aliphatic heterocycles. The molecule has 10 heteroatoms. The second-order valence-corrected chi connectivity index (χ2v) is 9.87. The lowest BCUT2D eigenvalue weighted by molar-refractivity contribution is -0.124. The highest BCUT2D eigenvalue weighted by atomic mass is 32.2. The van der Waals surface area contributed by atoms with E-state index in [1.807, 2.05) is 25.1 Å². The number of aromatic nitrogens is 4. The summed E-state index contributed by atoms with van der Waals surface area (Å²) >= 11 is 0. The number of nitrogens with zero attached hydrogens (tertiary/aromatic N) is 5. The Labute approximate surface area is 187 Å². The van der Waals surface area contributed by atoms with Crippen molar-refractivity contribution in [3.8, 4) is 5.82 Å². The van der Waals surface area contributed by atoms with Crippen molar-refractivity contribution in [1.82, 2.24) is 29.4 Å². The van der Waals surface area contributed by atoms with E-state index in [1.165, 1.54) is 21.6 Å². The van der Waals surface area contributed by atoms with Crippen molar-refractivity contribution >= 4 is 15.9 Å². The predicted molar refractivity (Wildman–Crippen MR) is 119 cm³/mol. The van der Waals surface area contributed by atoms with Crippen LogP contribution in [0.15, 0.2) is 48.0 Å². The van der Waals surface area contributed by atoms with Crippen LogP contribution in [0.3, 0.4) is 0 Å². The van der Waals surface area contributed by atoms with Gasteiger partial charge in [0.1, 0.15) is 18.7 Å². The molecule has 9 nitrogen and oxygen atoms in total. The highest BCUT2D eigenvalue weighted by Crippen LogP contribution is 2.30. The molecule has 168 valence electrons. The van der Waals surface area contributed by atoms with Gasteiger partial charge in [0.2, 0.25) is 15.9 Å². The normalized spacial score (nSPS) is 16.9. The number of rotatable bonds is 6. The molecule has 1 atom stereocenters. The van der Waals surface area contributed by atoms with Crippen LogP contribution in [0, 0.1) is 20.8 Å². The molecule has 1 unspecified atom stereocenters. The van der Waals surface area contributed by atoms with Gasteiger partial charge in [-0.05, 0) is 50.8 Å². The minimum absolute atomic E-state index is 0.203. The smallest absolute Gasteiger partial charge is 0.244 e. The Kier molecular flexibility index (Phi) is 6.07. The van der Waals surface area contributed by atoms with Gasteiger partial charge in [-0.15, -0.1) is 0 Å². The van der Waals surface area contributed by atoms with Crippen molar-refractivity contribution < 1.29 is 13.2 Å². The molecule has 0 saturated carbocycles. The molecule has 1 N–H and O–H groups in total. The SMILES string of the molecule is Cc1cc(C)c(S(=O)(=O)N2CCCC2C(=O)NCc2cccnc2-n2cncn2)c(C)c1. The van der Waals surface area contributed by atoms with E-state index < -0.39 is 16.1 Å². The van der Waals surface area contributed by atoms with Crippen LogP contribution in [-0.4, -0.2) is 51.0 Å². The lowest BCUT2D eigenvalue weighted by atomic mass is 10.1. The number of benzene rings is 1. The molecule has 3 aromatic rings. The minimum Gasteiger partial charge on any atom is -0.350 e. The fourth-order valence-corrected chi connectivity index (χ4v) is 6.44. The molecular weight excluding hydrogens is 428 g/mol. The first kappa shape index (κ1) is 22.1. The summed E-state index contributed by atoms with van der Waals surface area (Å²) in [5, 5.41) is 6.98. The van der Waals surface area contributed by atoms with Crippen LogP contribution in [0.2, 0.25) is 0 Å². The van der Waals surface area contributed by atoms with Crippen LogP contribution >= 0.6 is 0 Å². The summed E-state index contributed by atoms with van der Waals surface area (Å²) in [4.78, 5) is 21.6. The average molecular weight is 455 g/mol. The molecule has 32 heavy (non-hydrogen) atoms. The molecule has 0 radical (unpaired) electrons. The minimum atomic E-state index is -3.80. The summed E-state index contributed by atoms with van der Waals surface area (Å²) < 4.78 is 29.9. The van der Waals surface area contributed by atoms with Crippen LogP contribution in [0.1, 0.15) is 35.1 Å². The van der Waals surface area contributed by atoms with E-state index in [-0.39, 0.29) is 12.5 Å². The number of amides is 1. The quantitative estimate of drug-likeness (QED) is 0.610. The Morgan fingerprint density at radius 2 is 1.97 bits per heavy atom. The van der Waals surface area contributed by atoms with Gasteiger partial charge in [-0.3, -0.25) is 4.79 Å². The summed E-state index contributed by atoms with van der Waals surface area (Å²) in [6, 6.07) is 6.59. The zero-order valence-corrected chi connectivity index (χ0v) is 19.1. The van der Waals surface area contributed by atoms with E-state index in [0.29, 0.717) is 41.2 Å². The van der Waals surface area contributed by atoms with Crippen molar-refractivity contribution in [1.29, 1.82) is 0 Å². The van der Waals surface area contributed by atoms with Gasteiger partial charge in [-0.25, -0.2) is 23.1 Å². The maximum absolute atomic E-state index is 13.5. The fourth-order valence-electron chi connectivity index (χ4n) is 4.37. The number of carbonyl (C=O) groups is 1. The largest absolute Gasteiger partial charge is 0.350 e. The second kappa shape index (κ2) is 8.79. The van der Waals surface area contributed by atoms with Crippen molar-refractivity contribution in [2.45, 2.75) is 51.1 Å². The summed E-state index contributed by atoms with van der Waals surface area (Å²) in [7, 11) is -3.80. The van der Waals surface area contributed by atoms with Gasteiger partial charge in [0.25, 0.3) is 0 Å². The molecule has 1 fully saturated rings. The molecule has 3 heterocycles. The van der Waals surface area contributed by atoms with Gasteiger partial charge >= 0.3 is 0 Å². The molecular formula is C22H26N6O3S. The zero-order valence-electron chi connectivity index (χ0n) is 18.3. The zero-order chi connectivity index (χ0) is 22.9. The van der Waals surface area contributed by atoms with Crippen LogP contribution in [-0.2, 0) is 21.4 Å². The van der Waals surface area contributed by atoms with Gasteiger partial charge < -0.3 is 5.32 Å². The number of pyridine rings is 1. The van der Waals surface area contributed by atoms with E-state index in [9.17, 15) is 13.2 Å². The molecule has 1 aliphatic rings. The summed E-state index contributed by atoms with van der Waals surface area (Å²) in [5.74, 6) is 0.244. The highest BCUT2D eigenvalue weighted by Gasteiger charge is 2.40. The fraction of sp³-hybridized carbons (Fsp3) is 0.364. The van der Waals surface area contributed by atoms with Crippen molar-refractivity contribution in [3.05, 3.63) is 65.4 Å². The third kappa shape index (κ3) is 4.15. The van der Waals surface area contributed by atoms with E-state index in [1.54, 1.807) is 26.1 Å². The Morgan fingerprint density at radius 1 is 1.22 bits per heavy atom. The van der Waals surface area contributed by atoms with Crippen LogP contribution in [0.4, 0.5) is 0 Å². The number of hydrogen-bond donors (Lipinski definition) is 1. The molecule has 2 aromatic heterocycles. The van der Waals surface area contributed by atoms with Gasteiger partial charge in [-0.1, -0.05) is 23.8 Å². The monoisotopic (exact) mass is 454 g/mol. The molecule has 1 aromatic carbocycles. The van der Waals surface area contributed by atoms with E-state index in [0.717, 1.165) is 11.1 Å². The van der Waals surface area contributed by atoms with E-state index in [2.05, 4.69) is 20.4 Å². The first-order chi connectivity index (χ1) is 15.3. The predicted octanol–water partition coefficient (Wildman–Crippen LogP) is 2.06. The van der Waals surface area contributed by atoms with E-state index in [4.69, 9.17) is 0 Å². The Morgan fingerprint density at radius 3 is 2.66 bits per heavy atom. The topological polar surface area (TPSA) is 110 Å². The van der Waals surface area contributed by atoms with Gasteiger partial charge in [-0.2, -0.15) is 9.40 Å². The average Bonchev–Trinajstić information content (AvgIpc) is 3.43. The molecule has 4 rings (SSSR count). The van der Waals surface area contributed by atoms with Crippen molar-refractivity contribution in [2.24, 2.45) is 0 Å². The number of sulfonamides is 1. The molecule has 0 aliphatic carbocycles. The number of aryl methyl sites for hydroxylation is 3. The Hall–Kier alpha value is -3.11. The van der Waals surface area contributed by atoms with Crippen LogP contribution in [0.5, 0.6) is 0 Å². The Bertz CT molecular complexity index is 1220. The third-order valence-corrected chi connectivity index (χ3v) is 7.85. The van der Waals surface area contributed by atoms with Crippen LogP contribution < -0.4 is 5.32 Å². The maximum atomic E-state index is 13.5. The third-order valence-electron chi connectivity index (χ3n) is 5.63. The molecule has 0 spiro atoms. The summed E-state index contributed by atoms with van der Waals surface area (Å²) in [6.45, 7) is 6.06. The molecule has 1 amide bonds. The molecule has 0 bridgehead atoms. The first-order valence-electron chi connectivity index (χ1n) is 10.5. The summed E-state index contributed by atoms with van der Waals surface area (Å²) in [5.41, 5.74) is 3.15. The Balaban J connectivity index is 1.54. The van der Waals surface area contributed by atoms with Gasteiger partial charge in [0, 0.05) is 24.8 Å². The van der Waals surface area contributed by atoms with E-state index >= 15 is 0 Å². The lowest BCUT2D eigenvalue weighted by Crippen LogP contribution is -2.46. The summed E-state index contributed by atoms with van der Waals surface area (Å²) in [6.07, 6.45) is 5.70. The number of carbonyl (C=O) groups excluding carboxylic acids is 1. The molecule has 1 saturated heterocycles. The maximum Gasteiger partial charge on any atom is 0.244 e. The lowest BCUT2D eigenvalue weighted by Gasteiger charge is -2.25. The van der Waals surface area contributed by atoms with Crippen molar-refractivity contribution in [2.75, 3.05) is 6.54 Å². The van der Waals surface area contributed by atoms with Crippen LogP contribution in [0.25, 0.3) is 5.82 Å². The number of hydrogen-bond acceptors (Lipinski definition) is 6. The standard InChI is InChI=1S/C22H26N6O3S/c1-15-10-16(2)20(17(3)11-15)32(30,31)28-9-5-7-19(28)22(29)25-12-18-6-4-8-24-21(18)27-14-23-13-26-27/h4,6,8,10-11,13-14,19H,5,7,9,12H2,1-3H3,(H,25,29).